The Balaban J connectivity index is 1.23. The molecule has 3 heterocycles. The van der Waals surface area contributed by atoms with E-state index < -0.39 is 0 Å². The zero-order valence-electron chi connectivity index (χ0n) is 18.3. The molecule has 1 unspecified atom stereocenters. The Morgan fingerprint density at radius 3 is 2.90 bits per heavy atom. The third kappa shape index (κ3) is 5.82. The lowest BCUT2D eigenvalue weighted by Gasteiger charge is -2.21. The maximum Gasteiger partial charge on any atom is 0.193 e. The molecule has 1 aromatic carbocycles. The average molecular weight is 421 g/mol. The molecule has 2 aromatic heterocycles. The van der Waals surface area contributed by atoms with Crippen LogP contribution in [0.3, 0.4) is 0 Å². The predicted octanol–water partition coefficient (Wildman–Crippen LogP) is 3.17. The van der Waals surface area contributed by atoms with Gasteiger partial charge in [0.15, 0.2) is 11.6 Å². The van der Waals surface area contributed by atoms with Crippen molar-refractivity contribution in [3.8, 4) is 0 Å². The van der Waals surface area contributed by atoms with Crippen LogP contribution >= 0.6 is 0 Å². The third-order valence-electron chi connectivity index (χ3n) is 5.59. The summed E-state index contributed by atoms with van der Waals surface area (Å²) in [5, 5.41) is 12.0. The largest absolute Gasteiger partial charge is 0.376 e. The fourth-order valence-electron chi connectivity index (χ4n) is 3.99. The number of aryl methyl sites for hydroxylation is 1. The fraction of sp³-hybridized carbons (Fsp3) is 0.458. The average Bonchev–Trinajstić information content (AvgIpc) is 3.44. The number of likely N-dealkylation sites (tertiary alicyclic amines) is 1. The summed E-state index contributed by atoms with van der Waals surface area (Å²) >= 11 is 0. The lowest BCUT2D eigenvalue weighted by molar-refractivity contribution is 0.0907. The Kier molecular flexibility index (Phi) is 7.50. The molecule has 0 spiro atoms. The zero-order chi connectivity index (χ0) is 21.3. The van der Waals surface area contributed by atoms with Gasteiger partial charge in [-0.15, -0.1) is 10.2 Å². The Labute approximate surface area is 184 Å². The van der Waals surface area contributed by atoms with Crippen molar-refractivity contribution in [2.24, 2.45) is 10.9 Å². The Hall–Kier alpha value is -2.93. The van der Waals surface area contributed by atoms with Crippen LogP contribution in [0.2, 0.25) is 0 Å². The van der Waals surface area contributed by atoms with Gasteiger partial charge in [-0.05, 0) is 37.5 Å². The molecular formula is C24H32N6O. The van der Waals surface area contributed by atoms with Crippen LogP contribution in [0.1, 0.15) is 31.2 Å². The summed E-state index contributed by atoms with van der Waals surface area (Å²) in [5.41, 5.74) is 2.12. The highest BCUT2D eigenvalue weighted by Gasteiger charge is 2.25. The quantitative estimate of drug-likeness (QED) is 0.327. The highest BCUT2D eigenvalue weighted by molar-refractivity contribution is 5.80. The van der Waals surface area contributed by atoms with E-state index >= 15 is 0 Å². The highest BCUT2D eigenvalue weighted by atomic mass is 16.5. The first kappa shape index (κ1) is 21.3. The summed E-state index contributed by atoms with van der Waals surface area (Å²) in [6, 6.07) is 16.3. The summed E-state index contributed by atoms with van der Waals surface area (Å²) in [5.74, 6) is 2.56. The van der Waals surface area contributed by atoms with E-state index in [2.05, 4.69) is 56.0 Å². The minimum absolute atomic E-state index is 0.551. The molecule has 0 radical (unpaired) electrons. The van der Waals surface area contributed by atoms with E-state index in [4.69, 9.17) is 9.73 Å². The number of ether oxygens (including phenoxy) is 1. The maximum atomic E-state index is 5.96. The fourth-order valence-corrected chi connectivity index (χ4v) is 3.99. The summed E-state index contributed by atoms with van der Waals surface area (Å²) in [7, 11) is 0. The van der Waals surface area contributed by atoms with Crippen molar-refractivity contribution in [3.63, 3.8) is 0 Å². The molecular weight excluding hydrogens is 388 g/mol. The second-order valence-electron chi connectivity index (χ2n) is 7.99. The van der Waals surface area contributed by atoms with Crippen LogP contribution in [-0.4, -0.2) is 58.2 Å². The van der Waals surface area contributed by atoms with Gasteiger partial charge in [0.25, 0.3) is 0 Å². The summed E-state index contributed by atoms with van der Waals surface area (Å²) in [6.45, 7) is 7.27. The molecule has 7 heteroatoms. The van der Waals surface area contributed by atoms with Crippen molar-refractivity contribution in [2.45, 2.75) is 32.8 Å². The van der Waals surface area contributed by atoms with Crippen LogP contribution in [-0.2, 0) is 17.8 Å². The number of benzene rings is 1. The Morgan fingerprint density at radius 2 is 2.03 bits per heavy atom. The van der Waals surface area contributed by atoms with E-state index in [9.17, 15) is 0 Å². The summed E-state index contributed by atoms with van der Waals surface area (Å²) in [4.78, 5) is 7.24. The maximum absolute atomic E-state index is 5.96. The third-order valence-corrected chi connectivity index (χ3v) is 5.59. The molecule has 3 aromatic rings. The van der Waals surface area contributed by atoms with Crippen molar-refractivity contribution in [2.75, 3.05) is 32.8 Å². The van der Waals surface area contributed by atoms with Crippen molar-refractivity contribution < 1.29 is 4.74 Å². The molecule has 0 amide bonds. The topological polar surface area (TPSA) is 67.0 Å². The van der Waals surface area contributed by atoms with E-state index in [0.717, 1.165) is 69.5 Å². The number of aromatic nitrogens is 3. The smallest absolute Gasteiger partial charge is 0.193 e. The van der Waals surface area contributed by atoms with Crippen LogP contribution in [0.25, 0.3) is 5.65 Å². The molecule has 7 nitrogen and oxygen atoms in total. The van der Waals surface area contributed by atoms with Crippen LogP contribution in [0.15, 0.2) is 59.7 Å². The van der Waals surface area contributed by atoms with Gasteiger partial charge in [0.2, 0.25) is 0 Å². The van der Waals surface area contributed by atoms with Crippen LogP contribution in [0, 0.1) is 5.92 Å². The van der Waals surface area contributed by atoms with E-state index in [1.54, 1.807) is 0 Å². The molecule has 1 N–H and O–H groups in total. The number of guanidine groups is 1. The van der Waals surface area contributed by atoms with E-state index in [1.807, 2.05) is 30.5 Å². The van der Waals surface area contributed by atoms with Gasteiger partial charge in [-0.2, -0.15) is 0 Å². The zero-order valence-corrected chi connectivity index (χ0v) is 18.3. The summed E-state index contributed by atoms with van der Waals surface area (Å²) < 4.78 is 8.02. The second-order valence-corrected chi connectivity index (χ2v) is 7.99. The number of nitrogens with one attached hydrogen (secondary N) is 1. The number of aliphatic imine (C=N–C) groups is 1. The first-order valence-electron chi connectivity index (χ1n) is 11.3. The van der Waals surface area contributed by atoms with E-state index in [-0.39, 0.29) is 0 Å². The minimum atomic E-state index is 0.551. The monoisotopic (exact) mass is 420 g/mol. The molecule has 0 bridgehead atoms. The number of nitrogens with zero attached hydrogens (tertiary/aromatic N) is 5. The van der Waals surface area contributed by atoms with Gasteiger partial charge in [-0.3, -0.25) is 9.39 Å². The number of hydrogen-bond acceptors (Lipinski definition) is 4. The van der Waals surface area contributed by atoms with Gasteiger partial charge in [0.05, 0.1) is 13.2 Å². The van der Waals surface area contributed by atoms with Crippen molar-refractivity contribution in [1.82, 2.24) is 24.8 Å². The normalized spacial score (nSPS) is 16.9. The molecule has 1 atom stereocenters. The molecule has 1 fully saturated rings. The van der Waals surface area contributed by atoms with Gasteiger partial charge >= 0.3 is 0 Å². The lowest BCUT2D eigenvalue weighted by atomic mass is 10.1. The Morgan fingerprint density at radius 1 is 1.16 bits per heavy atom. The van der Waals surface area contributed by atoms with Gasteiger partial charge in [-0.1, -0.05) is 36.4 Å². The molecule has 0 saturated carbocycles. The Bertz CT molecular complexity index is 970. The highest BCUT2D eigenvalue weighted by Crippen LogP contribution is 2.17. The minimum Gasteiger partial charge on any atom is -0.376 e. The van der Waals surface area contributed by atoms with Gasteiger partial charge in [-0.25, -0.2) is 0 Å². The van der Waals surface area contributed by atoms with Crippen molar-refractivity contribution in [3.05, 3.63) is 66.1 Å². The number of rotatable bonds is 9. The molecule has 1 aliphatic heterocycles. The molecule has 1 saturated heterocycles. The van der Waals surface area contributed by atoms with Gasteiger partial charge in [0.1, 0.15) is 5.82 Å². The van der Waals surface area contributed by atoms with E-state index in [0.29, 0.717) is 12.5 Å². The van der Waals surface area contributed by atoms with Crippen molar-refractivity contribution in [1.29, 1.82) is 0 Å². The SMILES string of the molecule is CCNC(=NCCCc1nnc2ccccn12)N1CCC(COCc2ccccc2)C1. The first-order valence-corrected chi connectivity index (χ1v) is 11.3. The van der Waals surface area contributed by atoms with Crippen LogP contribution < -0.4 is 5.32 Å². The lowest BCUT2D eigenvalue weighted by Crippen LogP contribution is -2.40. The number of pyridine rings is 1. The molecule has 31 heavy (non-hydrogen) atoms. The number of fused-ring (bicyclic) bond motifs is 1. The van der Waals surface area contributed by atoms with Crippen LogP contribution in [0.5, 0.6) is 0 Å². The predicted molar refractivity (Wildman–Crippen MR) is 123 cm³/mol. The molecule has 1 aliphatic rings. The van der Waals surface area contributed by atoms with Gasteiger partial charge in [0, 0.05) is 44.7 Å². The van der Waals surface area contributed by atoms with Gasteiger partial charge < -0.3 is 15.0 Å². The number of hydrogen-bond donors (Lipinski definition) is 1. The van der Waals surface area contributed by atoms with E-state index in [1.165, 1.54) is 5.56 Å². The standard InChI is InChI=1S/C24H32N6O/c1-2-25-24(26-14-8-12-23-28-27-22-11-6-7-15-30(22)23)29-16-13-21(17-29)19-31-18-20-9-4-3-5-10-20/h3-7,9-11,15,21H,2,8,12-14,16-19H2,1H3,(H,25,26). The van der Waals surface area contributed by atoms with Crippen molar-refractivity contribution >= 4 is 11.6 Å². The molecule has 164 valence electrons. The first-order chi connectivity index (χ1) is 15.3. The molecule has 4 rings (SSSR count). The summed E-state index contributed by atoms with van der Waals surface area (Å²) in [6.07, 6.45) is 4.97. The molecule has 0 aliphatic carbocycles. The van der Waals surface area contributed by atoms with Crippen LogP contribution in [0.4, 0.5) is 0 Å². The second kappa shape index (κ2) is 10.9.